The fourth-order valence-corrected chi connectivity index (χ4v) is 1.74. The SMILES string of the molecule is Nc1cccc(C(=O)C2=CC(N)C(N)(N)C=C2)c1. The molecule has 0 saturated heterocycles. The van der Waals surface area contributed by atoms with Crippen LogP contribution in [0.15, 0.2) is 48.1 Å². The van der Waals surface area contributed by atoms with Gasteiger partial charge < -0.3 is 22.9 Å². The molecule has 1 aromatic rings. The second-order valence-corrected chi connectivity index (χ2v) is 4.44. The number of nitrogens with two attached hydrogens (primary N) is 4. The van der Waals surface area contributed by atoms with Crippen molar-refractivity contribution in [1.82, 2.24) is 0 Å². The molecule has 5 heteroatoms. The van der Waals surface area contributed by atoms with Crippen LogP contribution in [0.25, 0.3) is 0 Å². The van der Waals surface area contributed by atoms with E-state index in [0.29, 0.717) is 16.8 Å². The van der Waals surface area contributed by atoms with Crippen molar-refractivity contribution in [2.45, 2.75) is 11.7 Å². The number of Topliss-reactive ketones (excluding diaryl/α,β-unsaturated/α-hetero) is 1. The second-order valence-electron chi connectivity index (χ2n) is 4.44. The average Bonchev–Trinajstić information content (AvgIpc) is 2.32. The van der Waals surface area contributed by atoms with Gasteiger partial charge in [0.25, 0.3) is 0 Å². The smallest absolute Gasteiger partial charge is 0.192 e. The van der Waals surface area contributed by atoms with Crippen molar-refractivity contribution in [3.63, 3.8) is 0 Å². The summed E-state index contributed by atoms with van der Waals surface area (Å²) in [5.74, 6) is -0.149. The summed E-state index contributed by atoms with van der Waals surface area (Å²) in [4.78, 5) is 12.2. The molecule has 0 amide bonds. The maximum Gasteiger partial charge on any atom is 0.192 e. The van der Waals surface area contributed by atoms with Gasteiger partial charge in [-0.3, -0.25) is 4.79 Å². The molecule has 8 N–H and O–H groups in total. The Kier molecular flexibility index (Phi) is 3.04. The molecule has 1 aliphatic carbocycles. The predicted octanol–water partition coefficient (Wildman–Crippen LogP) is -0.111. The third kappa shape index (κ3) is 2.33. The third-order valence-corrected chi connectivity index (χ3v) is 2.90. The number of ketones is 1. The van der Waals surface area contributed by atoms with Crippen molar-refractivity contribution in [1.29, 1.82) is 0 Å². The van der Waals surface area contributed by atoms with Crippen molar-refractivity contribution < 1.29 is 4.79 Å². The quantitative estimate of drug-likeness (QED) is 0.328. The Balaban J connectivity index is 2.29. The molecule has 0 bridgehead atoms. The Hall–Kier alpha value is -1.95. The summed E-state index contributed by atoms with van der Waals surface area (Å²) in [6.07, 6.45) is 4.71. The van der Waals surface area contributed by atoms with Crippen LogP contribution in [-0.4, -0.2) is 17.5 Å². The minimum Gasteiger partial charge on any atom is -0.399 e. The van der Waals surface area contributed by atoms with E-state index >= 15 is 0 Å². The maximum absolute atomic E-state index is 12.2. The highest BCUT2D eigenvalue weighted by Crippen LogP contribution is 2.18. The lowest BCUT2D eigenvalue weighted by molar-refractivity contribution is 0.103. The lowest BCUT2D eigenvalue weighted by atomic mass is 9.90. The third-order valence-electron chi connectivity index (χ3n) is 2.90. The summed E-state index contributed by atoms with van der Waals surface area (Å²) in [7, 11) is 0. The van der Waals surface area contributed by atoms with Crippen LogP contribution in [0, 0.1) is 0 Å². The second kappa shape index (κ2) is 4.38. The molecular formula is C13H16N4O. The molecule has 0 saturated carbocycles. The minimum absolute atomic E-state index is 0.149. The molecular weight excluding hydrogens is 228 g/mol. The van der Waals surface area contributed by atoms with E-state index in [1.807, 2.05) is 0 Å². The first-order chi connectivity index (χ1) is 8.40. The van der Waals surface area contributed by atoms with Gasteiger partial charge in [-0.15, -0.1) is 0 Å². The van der Waals surface area contributed by atoms with Crippen molar-refractivity contribution >= 4 is 11.5 Å². The molecule has 1 aliphatic rings. The topological polar surface area (TPSA) is 121 Å². The number of rotatable bonds is 2. The van der Waals surface area contributed by atoms with Crippen LogP contribution >= 0.6 is 0 Å². The van der Waals surface area contributed by atoms with Gasteiger partial charge in [0, 0.05) is 16.8 Å². The van der Waals surface area contributed by atoms with E-state index in [1.54, 1.807) is 36.4 Å². The molecule has 0 fully saturated rings. The molecule has 0 spiro atoms. The first-order valence-electron chi connectivity index (χ1n) is 5.55. The Labute approximate surface area is 105 Å². The van der Waals surface area contributed by atoms with E-state index in [4.69, 9.17) is 22.9 Å². The van der Waals surface area contributed by atoms with Crippen molar-refractivity contribution in [3.8, 4) is 0 Å². The van der Waals surface area contributed by atoms with E-state index in [0.717, 1.165) is 0 Å². The molecule has 1 aromatic carbocycles. The normalized spacial score (nSPS) is 21.5. The van der Waals surface area contributed by atoms with E-state index in [2.05, 4.69) is 0 Å². The highest BCUT2D eigenvalue weighted by Gasteiger charge is 2.28. The van der Waals surface area contributed by atoms with Gasteiger partial charge in [-0.25, -0.2) is 0 Å². The number of allylic oxidation sites excluding steroid dienone is 2. The average molecular weight is 244 g/mol. The molecule has 0 aromatic heterocycles. The molecule has 5 nitrogen and oxygen atoms in total. The van der Waals surface area contributed by atoms with Crippen molar-refractivity contribution in [2.75, 3.05) is 5.73 Å². The molecule has 94 valence electrons. The number of carbonyl (C=O) groups excluding carboxylic acids is 1. The number of carbonyl (C=O) groups is 1. The highest BCUT2D eigenvalue weighted by atomic mass is 16.1. The molecule has 1 unspecified atom stereocenters. The van der Waals surface area contributed by atoms with E-state index in [9.17, 15) is 4.79 Å². The largest absolute Gasteiger partial charge is 0.399 e. The maximum atomic E-state index is 12.2. The van der Waals surface area contributed by atoms with Gasteiger partial charge in [0.1, 0.15) is 5.66 Å². The van der Waals surface area contributed by atoms with Crippen LogP contribution in [0.2, 0.25) is 0 Å². The van der Waals surface area contributed by atoms with Gasteiger partial charge in [0.2, 0.25) is 0 Å². The Morgan fingerprint density at radius 2 is 2.00 bits per heavy atom. The number of benzene rings is 1. The van der Waals surface area contributed by atoms with Crippen LogP contribution in [0.5, 0.6) is 0 Å². The number of hydrogen-bond donors (Lipinski definition) is 4. The molecule has 0 aliphatic heterocycles. The number of nitrogen functional groups attached to an aromatic ring is 1. The summed E-state index contributed by atoms with van der Waals surface area (Å²) >= 11 is 0. The summed E-state index contributed by atoms with van der Waals surface area (Å²) in [6, 6.07) is 6.17. The first-order valence-corrected chi connectivity index (χ1v) is 5.55. The number of anilines is 1. The zero-order valence-corrected chi connectivity index (χ0v) is 9.84. The lowest BCUT2D eigenvalue weighted by Crippen LogP contribution is -2.61. The van der Waals surface area contributed by atoms with Crippen LogP contribution in [0.1, 0.15) is 10.4 Å². The van der Waals surface area contributed by atoms with Crippen LogP contribution in [-0.2, 0) is 0 Å². The molecule has 2 rings (SSSR count). The Morgan fingerprint density at radius 3 is 2.61 bits per heavy atom. The van der Waals surface area contributed by atoms with E-state index in [-0.39, 0.29) is 5.78 Å². The number of hydrogen-bond acceptors (Lipinski definition) is 5. The van der Waals surface area contributed by atoms with E-state index < -0.39 is 11.7 Å². The summed E-state index contributed by atoms with van der Waals surface area (Å²) in [6.45, 7) is 0. The van der Waals surface area contributed by atoms with Crippen molar-refractivity contribution in [3.05, 3.63) is 53.6 Å². The van der Waals surface area contributed by atoms with Gasteiger partial charge in [0.05, 0.1) is 6.04 Å². The van der Waals surface area contributed by atoms with Crippen LogP contribution < -0.4 is 22.9 Å². The lowest BCUT2D eigenvalue weighted by Gasteiger charge is -2.29. The monoisotopic (exact) mass is 244 g/mol. The standard InChI is InChI=1S/C13H16N4O/c14-10-3-1-2-8(6-10)12(18)9-4-5-13(16,17)11(15)7-9/h1-7,11H,14-17H2. The Bertz CT molecular complexity index is 546. The van der Waals surface area contributed by atoms with Gasteiger partial charge in [0.15, 0.2) is 5.78 Å². The van der Waals surface area contributed by atoms with Crippen LogP contribution in [0.4, 0.5) is 5.69 Å². The van der Waals surface area contributed by atoms with Gasteiger partial charge >= 0.3 is 0 Å². The Morgan fingerprint density at radius 1 is 1.28 bits per heavy atom. The van der Waals surface area contributed by atoms with Crippen LogP contribution in [0.3, 0.4) is 0 Å². The van der Waals surface area contributed by atoms with Crippen molar-refractivity contribution in [2.24, 2.45) is 17.2 Å². The molecule has 0 radical (unpaired) electrons. The van der Waals surface area contributed by atoms with E-state index in [1.165, 1.54) is 6.08 Å². The summed E-state index contributed by atoms with van der Waals surface area (Å²) in [5, 5.41) is 0. The van der Waals surface area contributed by atoms with Gasteiger partial charge in [-0.1, -0.05) is 24.3 Å². The highest BCUT2D eigenvalue weighted by molar-refractivity contribution is 6.11. The summed E-state index contributed by atoms with van der Waals surface area (Å²) in [5.41, 5.74) is 23.3. The molecule has 1 atom stereocenters. The molecule has 18 heavy (non-hydrogen) atoms. The zero-order valence-electron chi connectivity index (χ0n) is 9.84. The minimum atomic E-state index is -1.11. The fourth-order valence-electron chi connectivity index (χ4n) is 1.74. The zero-order chi connectivity index (χ0) is 13.3. The fraction of sp³-hybridized carbons (Fsp3) is 0.154. The predicted molar refractivity (Wildman–Crippen MR) is 71.5 cm³/mol. The summed E-state index contributed by atoms with van der Waals surface area (Å²) < 4.78 is 0. The first kappa shape index (κ1) is 12.5. The van der Waals surface area contributed by atoms with Gasteiger partial charge in [-0.2, -0.15) is 0 Å². The van der Waals surface area contributed by atoms with Gasteiger partial charge in [-0.05, 0) is 18.2 Å². The molecule has 0 heterocycles.